The second-order valence-electron chi connectivity index (χ2n) is 6.24. The zero-order valence-electron chi connectivity index (χ0n) is 13.6. The fraction of sp³-hybridized carbons (Fsp3) is 0.368. The van der Waals surface area contributed by atoms with Crippen molar-refractivity contribution in [2.45, 2.75) is 38.3 Å². The number of pyridine rings is 1. The van der Waals surface area contributed by atoms with Crippen LogP contribution < -0.4 is 0 Å². The molecule has 1 atom stereocenters. The quantitative estimate of drug-likeness (QED) is 0.629. The van der Waals surface area contributed by atoms with E-state index < -0.39 is 0 Å². The molecule has 0 spiro atoms. The van der Waals surface area contributed by atoms with Gasteiger partial charge in [-0.1, -0.05) is 18.9 Å². The van der Waals surface area contributed by atoms with Gasteiger partial charge in [-0.3, -0.25) is 9.88 Å². The van der Waals surface area contributed by atoms with Gasteiger partial charge >= 0.3 is 0 Å². The van der Waals surface area contributed by atoms with Gasteiger partial charge in [-0.15, -0.1) is 22.7 Å². The van der Waals surface area contributed by atoms with Crippen molar-refractivity contribution in [1.29, 1.82) is 0 Å². The Morgan fingerprint density at radius 2 is 2.00 bits per heavy atom. The lowest BCUT2D eigenvalue weighted by atomic mass is 10.0. The maximum absolute atomic E-state index is 4.88. The number of likely N-dealkylation sites (tertiary alicyclic amines) is 1. The molecule has 0 bridgehead atoms. The van der Waals surface area contributed by atoms with E-state index >= 15 is 0 Å². The highest BCUT2D eigenvalue weighted by Crippen LogP contribution is 2.33. The lowest BCUT2D eigenvalue weighted by Gasteiger charge is -2.29. The van der Waals surface area contributed by atoms with Crippen molar-refractivity contribution in [2.24, 2.45) is 0 Å². The van der Waals surface area contributed by atoms with Crippen molar-refractivity contribution in [3.63, 3.8) is 0 Å². The predicted octanol–water partition coefficient (Wildman–Crippen LogP) is 5.38. The first-order valence-electron chi connectivity index (χ1n) is 8.52. The highest BCUT2D eigenvalue weighted by atomic mass is 32.1. The van der Waals surface area contributed by atoms with E-state index in [1.165, 1.54) is 41.8 Å². The molecule has 3 nitrogen and oxygen atoms in total. The van der Waals surface area contributed by atoms with Crippen LogP contribution in [-0.4, -0.2) is 21.4 Å². The molecule has 1 fully saturated rings. The van der Waals surface area contributed by atoms with Crippen LogP contribution in [0.2, 0.25) is 0 Å². The number of nitrogens with zero attached hydrogens (tertiary/aromatic N) is 3. The first-order chi connectivity index (χ1) is 11.9. The molecule has 0 amide bonds. The highest BCUT2D eigenvalue weighted by molar-refractivity contribution is 7.20. The largest absolute Gasteiger partial charge is 0.290 e. The Bertz CT molecular complexity index is 752. The summed E-state index contributed by atoms with van der Waals surface area (Å²) in [7, 11) is 0. The average molecular weight is 356 g/mol. The van der Waals surface area contributed by atoms with Crippen LogP contribution in [0.1, 0.15) is 43.0 Å². The molecule has 0 radical (unpaired) electrons. The van der Waals surface area contributed by atoms with Crippen molar-refractivity contribution in [2.75, 3.05) is 6.54 Å². The van der Waals surface area contributed by atoms with E-state index in [1.807, 2.05) is 12.4 Å². The van der Waals surface area contributed by atoms with Gasteiger partial charge in [-0.2, -0.15) is 0 Å². The van der Waals surface area contributed by atoms with Crippen LogP contribution in [0.5, 0.6) is 0 Å². The minimum atomic E-state index is 0.488. The van der Waals surface area contributed by atoms with Crippen LogP contribution >= 0.6 is 22.7 Å². The fourth-order valence-corrected chi connectivity index (χ4v) is 5.05. The van der Waals surface area contributed by atoms with Crippen LogP contribution in [0, 0.1) is 0 Å². The summed E-state index contributed by atoms with van der Waals surface area (Å²) in [6.07, 6.45) is 8.97. The Labute approximate surface area is 151 Å². The molecule has 4 rings (SSSR count). The predicted molar refractivity (Wildman–Crippen MR) is 101 cm³/mol. The van der Waals surface area contributed by atoms with Crippen molar-refractivity contribution in [3.8, 4) is 9.88 Å². The number of hydrogen-bond donors (Lipinski definition) is 0. The standard InChI is InChI=1S/C19H21N3S2/c1-2-5-17(15-7-9-20-10-8-15)22(11-3-1)13-16-14-24-19(21-16)18-6-4-12-23-18/h4,6-10,12,14,17H,1-3,5,11,13H2. The Morgan fingerprint density at radius 1 is 1.08 bits per heavy atom. The SMILES string of the molecule is c1csc(-c2nc(CN3CCCCCC3c3ccncc3)cs2)c1. The first-order valence-corrected chi connectivity index (χ1v) is 10.3. The minimum absolute atomic E-state index is 0.488. The summed E-state index contributed by atoms with van der Waals surface area (Å²) in [5, 5.41) is 5.49. The van der Waals surface area contributed by atoms with Gasteiger partial charge < -0.3 is 0 Å². The van der Waals surface area contributed by atoms with E-state index in [9.17, 15) is 0 Å². The van der Waals surface area contributed by atoms with E-state index in [1.54, 1.807) is 22.7 Å². The number of thiazole rings is 1. The third kappa shape index (κ3) is 3.58. The lowest BCUT2D eigenvalue weighted by molar-refractivity contribution is 0.190. The monoisotopic (exact) mass is 355 g/mol. The zero-order valence-corrected chi connectivity index (χ0v) is 15.2. The van der Waals surface area contributed by atoms with E-state index in [0.717, 1.165) is 18.1 Å². The van der Waals surface area contributed by atoms with Gasteiger partial charge in [-0.05, 0) is 48.5 Å². The van der Waals surface area contributed by atoms with Gasteiger partial charge in [0.2, 0.25) is 0 Å². The van der Waals surface area contributed by atoms with Crippen molar-refractivity contribution in [3.05, 3.63) is 58.7 Å². The molecule has 0 aromatic carbocycles. The topological polar surface area (TPSA) is 29.0 Å². The second-order valence-corrected chi connectivity index (χ2v) is 8.04. The molecule has 3 aromatic rings. The van der Waals surface area contributed by atoms with Gasteiger partial charge in [0, 0.05) is 30.4 Å². The van der Waals surface area contributed by atoms with Gasteiger partial charge in [0.25, 0.3) is 0 Å². The van der Waals surface area contributed by atoms with Gasteiger partial charge in [0.15, 0.2) is 0 Å². The molecule has 124 valence electrons. The smallest absolute Gasteiger partial charge is 0.133 e. The summed E-state index contributed by atoms with van der Waals surface area (Å²) in [6, 6.07) is 9.07. The van der Waals surface area contributed by atoms with E-state index in [2.05, 4.69) is 44.9 Å². The molecule has 4 heterocycles. The summed E-state index contributed by atoms with van der Waals surface area (Å²) in [5.41, 5.74) is 2.59. The summed E-state index contributed by atoms with van der Waals surface area (Å²) >= 11 is 3.52. The molecule has 1 aliphatic heterocycles. The third-order valence-electron chi connectivity index (χ3n) is 4.60. The molecule has 1 unspecified atom stereocenters. The normalized spacial score (nSPS) is 19.2. The van der Waals surface area contributed by atoms with Gasteiger partial charge in [0.05, 0.1) is 10.6 Å². The van der Waals surface area contributed by atoms with E-state index in [4.69, 9.17) is 4.98 Å². The average Bonchev–Trinajstić information content (AvgIpc) is 3.25. The maximum atomic E-state index is 4.88. The minimum Gasteiger partial charge on any atom is -0.290 e. The van der Waals surface area contributed by atoms with E-state index in [-0.39, 0.29) is 0 Å². The molecule has 24 heavy (non-hydrogen) atoms. The van der Waals surface area contributed by atoms with E-state index in [0.29, 0.717) is 6.04 Å². The van der Waals surface area contributed by atoms with Crippen LogP contribution in [0.15, 0.2) is 47.4 Å². The maximum Gasteiger partial charge on any atom is 0.133 e. The Kier molecular flexibility index (Phi) is 5.02. The second kappa shape index (κ2) is 7.55. The Hall–Kier alpha value is -1.56. The number of hydrogen-bond acceptors (Lipinski definition) is 5. The summed E-state index contributed by atoms with van der Waals surface area (Å²) in [6.45, 7) is 2.09. The van der Waals surface area contributed by atoms with Crippen molar-refractivity contribution >= 4 is 22.7 Å². The molecular formula is C19H21N3S2. The van der Waals surface area contributed by atoms with Crippen LogP contribution in [0.3, 0.4) is 0 Å². The summed E-state index contributed by atoms with van der Waals surface area (Å²) in [4.78, 5) is 12.9. The Balaban J connectivity index is 1.54. The molecule has 1 aliphatic rings. The molecule has 3 aromatic heterocycles. The van der Waals surface area contributed by atoms with Gasteiger partial charge in [0.1, 0.15) is 5.01 Å². The highest BCUT2D eigenvalue weighted by Gasteiger charge is 2.23. The lowest BCUT2D eigenvalue weighted by Crippen LogP contribution is -2.28. The molecule has 0 saturated carbocycles. The molecule has 0 aliphatic carbocycles. The third-order valence-corrected chi connectivity index (χ3v) is 6.53. The van der Waals surface area contributed by atoms with Crippen molar-refractivity contribution < 1.29 is 0 Å². The van der Waals surface area contributed by atoms with Crippen LogP contribution in [-0.2, 0) is 6.54 Å². The first kappa shape index (κ1) is 15.9. The molecule has 1 saturated heterocycles. The fourth-order valence-electron chi connectivity index (χ4n) is 3.42. The van der Waals surface area contributed by atoms with Gasteiger partial charge in [-0.25, -0.2) is 4.98 Å². The van der Waals surface area contributed by atoms with Crippen LogP contribution in [0.25, 0.3) is 9.88 Å². The number of aromatic nitrogens is 2. The number of rotatable bonds is 4. The van der Waals surface area contributed by atoms with Crippen molar-refractivity contribution in [1.82, 2.24) is 14.9 Å². The molecule has 0 N–H and O–H groups in total. The number of thiophene rings is 1. The van der Waals surface area contributed by atoms with Crippen LogP contribution in [0.4, 0.5) is 0 Å². The molecule has 5 heteroatoms. The summed E-state index contributed by atoms with van der Waals surface area (Å²) < 4.78 is 0. The molecular weight excluding hydrogens is 334 g/mol. The zero-order chi connectivity index (χ0) is 16.2. The Morgan fingerprint density at radius 3 is 2.83 bits per heavy atom. The summed E-state index contributed by atoms with van der Waals surface area (Å²) in [5.74, 6) is 0.